The second-order valence-corrected chi connectivity index (χ2v) is 10.3. The van der Waals surface area contributed by atoms with E-state index in [1.807, 2.05) is 51.2 Å². The van der Waals surface area contributed by atoms with Crippen molar-refractivity contribution in [1.82, 2.24) is 4.90 Å². The number of aliphatic hydroxyl groups is 3. The van der Waals surface area contributed by atoms with Gasteiger partial charge >= 0.3 is 12.1 Å². The normalized spacial score (nSPS) is 33.1. The SMILES string of the molecule is C/C(=C\C=C\[C@@H](C)COC(=O)N1CCC[C@H]1CO)[C@H]1OC(=O)C[C@H](O)CC[C@@](C)(O)C/C=C/[C@@H]1C. The third kappa shape index (κ3) is 9.78. The lowest BCUT2D eigenvalue weighted by molar-refractivity contribution is -0.151. The summed E-state index contributed by atoms with van der Waals surface area (Å²) in [4.78, 5) is 26.3. The molecule has 8 nitrogen and oxygen atoms in total. The quantitative estimate of drug-likeness (QED) is 0.294. The zero-order valence-corrected chi connectivity index (χ0v) is 21.6. The van der Waals surface area contributed by atoms with Crippen molar-refractivity contribution in [2.24, 2.45) is 11.8 Å². The van der Waals surface area contributed by atoms with Crippen LogP contribution in [0.4, 0.5) is 4.79 Å². The van der Waals surface area contributed by atoms with E-state index in [2.05, 4.69) is 0 Å². The average Bonchev–Trinajstić information content (AvgIpc) is 3.28. The Bertz CT molecular complexity index is 788. The number of carbonyl (C=O) groups excluding carboxylic acids is 2. The Hall–Kier alpha value is -2.16. The van der Waals surface area contributed by atoms with Gasteiger partial charge in [0, 0.05) is 18.4 Å². The van der Waals surface area contributed by atoms with E-state index in [9.17, 15) is 24.9 Å². The number of nitrogens with zero attached hydrogens (tertiary/aromatic N) is 1. The van der Waals surface area contributed by atoms with E-state index in [1.165, 1.54) is 0 Å². The number of cyclic esters (lactones) is 1. The molecule has 6 atom stereocenters. The van der Waals surface area contributed by atoms with Gasteiger partial charge in [0.05, 0.1) is 37.4 Å². The first kappa shape index (κ1) is 29.1. The summed E-state index contributed by atoms with van der Waals surface area (Å²) in [6.07, 6.45) is 10.5. The number of rotatable bonds is 6. The molecule has 35 heavy (non-hydrogen) atoms. The van der Waals surface area contributed by atoms with Crippen LogP contribution in [0.25, 0.3) is 0 Å². The predicted octanol–water partition coefficient (Wildman–Crippen LogP) is 3.51. The topological polar surface area (TPSA) is 117 Å². The zero-order chi connectivity index (χ0) is 26.0. The monoisotopic (exact) mass is 493 g/mol. The Morgan fingerprint density at radius 3 is 2.86 bits per heavy atom. The fourth-order valence-corrected chi connectivity index (χ4v) is 4.42. The van der Waals surface area contributed by atoms with Crippen molar-refractivity contribution < 1.29 is 34.4 Å². The predicted molar refractivity (Wildman–Crippen MR) is 134 cm³/mol. The molecule has 0 aliphatic carbocycles. The summed E-state index contributed by atoms with van der Waals surface area (Å²) in [5.41, 5.74) is -0.0892. The maximum Gasteiger partial charge on any atom is 0.410 e. The van der Waals surface area contributed by atoms with Gasteiger partial charge in [-0.15, -0.1) is 0 Å². The van der Waals surface area contributed by atoms with Crippen molar-refractivity contribution in [1.29, 1.82) is 0 Å². The Kier molecular flexibility index (Phi) is 11.5. The number of carbonyl (C=O) groups is 2. The molecule has 3 N–H and O–H groups in total. The molecule has 0 aromatic carbocycles. The van der Waals surface area contributed by atoms with Crippen LogP contribution in [-0.2, 0) is 14.3 Å². The summed E-state index contributed by atoms with van der Waals surface area (Å²) < 4.78 is 11.1. The van der Waals surface area contributed by atoms with Crippen LogP contribution in [0.15, 0.2) is 36.0 Å². The van der Waals surface area contributed by atoms with Crippen LogP contribution in [0.5, 0.6) is 0 Å². The van der Waals surface area contributed by atoms with Gasteiger partial charge in [-0.25, -0.2) is 4.79 Å². The number of allylic oxidation sites excluding steroid dienone is 2. The molecule has 2 aliphatic rings. The lowest BCUT2D eigenvalue weighted by Crippen LogP contribution is -2.38. The molecule has 2 heterocycles. The number of amides is 1. The van der Waals surface area contributed by atoms with Gasteiger partial charge in [0.1, 0.15) is 6.10 Å². The first-order valence-corrected chi connectivity index (χ1v) is 12.7. The Morgan fingerprint density at radius 1 is 1.40 bits per heavy atom. The van der Waals surface area contributed by atoms with Gasteiger partial charge in [0.2, 0.25) is 0 Å². The lowest BCUT2D eigenvalue weighted by Gasteiger charge is -2.27. The summed E-state index contributed by atoms with van der Waals surface area (Å²) in [5, 5.41) is 30.0. The average molecular weight is 494 g/mol. The van der Waals surface area contributed by atoms with Gasteiger partial charge in [-0.3, -0.25) is 4.79 Å². The summed E-state index contributed by atoms with van der Waals surface area (Å²) in [5.74, 6) is -0.607. The molecule has 1 amide bonds. The van der Waals surface area contributed by atoms with E-state index in [-0.39, 0.29) is 37.5 Å². The van der Waals surface area contributed by atoms with Crippen molar-refractivity contribution in [2.75, 3.05) is 19.8 Å². The van der Waals surface area contributed by atoms with Crippen molar-refractivity contribution in [2.45, 2.75) is 90.1 Å². The molecular formula is C27H43NO7. The van der Waals surface area contributed by atoms with Crippen LogP contribution in [-0.4, -0.2) is 75.9 Å². The molecular weight excluding hydrogens is 450 g/mol. The number of esters is 1. The minimum atomic E-state index is -0.934. The molecule has 0 aromatic heterocycles. The minimum absolute atomic E-state index is 0.0215. The largest absolute Gasteiger partial charge is 0.457 e. The first-order chi connectivity index (χ1) is 16.5. The number of ether oxygens (including phenoxy) is 2. The van der Waals surface area contributed by atoms with Crippen molar-refractivity contribution >= 4 is 12.1 Å². The number of hydrogen-bond donors (Lipinski definition) is 3. The van der Waals surface area contributed by atoms with Crippen LogP contribution in [0.2, 0.25) is 0 Å². The van der Waals surface area contributed by atoms with E-state index in [1.54, 1.807) is 11.8 Å². The summed E-state index contributed by atoms with van der Waals surface area (Å²) >= 11 is 0. The van der Waals surface area contributed by atoms with Crippen LogP contribution in [0, 0.1) is 11.8 Å². The van der Waals surface area contributed by atoms with Crippen LogP contribution >= 0.6 is 0 Å². The molecule has 1 fully saturated rings. The van der Waals surface area contributed by atoms with Gasteiger partial charge in [0.15, 0.2) is 0 Å². The highest BCUT2D eigenvalue weighted by molar-refractivity contribution is 5.70. The van der Waals surface area contributed by atoms with Crippen molar-refractivity contribution in [3.05, 3.63) is 36.0 Å². The summed E-state index contributed by atoms with van der Waals surface area (Å²) in [6.45, 7) is 8.30. The summed E-state index contributed by atoms with van der Waals surface area (Å²) in [7, 11) is 0. The molecule has 0 unspecified atom stereocenters. The molecule has 0 saturated carbocycles. The third-order valence-corrected chi connectivity index (χ3v) is 6.69. The van der Waals surface area contributed by atoms with Gasteiger partial charge in [-0.1, -0.05) is 44.2 Å². The van der Waals surface area contributed by atoms with Crippen LogP contribution < -0.4 is 0 Å². The highest BCUT2D eigenvalue weighted by Crippen LogP contribution is 2.25. The highest BCUT2D eigenvalue weighted by atomic mass is 16.6. The Morgan fingerprint density at radius 2 is 2.14 bits per heavy atom. The molecule has 0 aromatic rings. The molecule has 1 saturated heterocycles. The van der Waals surface area contributed by atoms with E-state index >= 15 is 0 Å². The Balaban J connectivity index is 1.98. The first-order valence-electron chi connectivity index (χ1n) is 12.7. The second-order valence-electron chi connectivity index (χ2n) is 10.3. The maximum atomic E-state index is 12.4. The van der Waals surface area contributed by atoms with Gasteiger partial charge in [-0.05, 0) is 51.5 Å². The fraction of sp³-hybridized carbons (Fsp3) is 0.704. The molecule has 2 rings (SSSR count). The van der Waals surface area contributed by atoms with Gasteiger partial charge < -0.3 is 29.7 Å². The molecule has 198 valence electrons. The molecule has 8 heteroatoms. The maximum absolute atomic E-state index is 12.4. The fourth-order valence-electron chi connectivity index (χ4n) is 4.42. The van der Waals surface area contributed by atoms with E-state index in [0.29, 0.717) is 25.8 Å². The molecule has 2 aliphatic heterocycles. The lowest BCUT2D eigenvalue weighted by atomic mass is 9.91. The smallest absolute Gasteiger partial charge is 0.410 e. The van der Waals surface area contributed by atoms with Crippen LogP contribution in [0.1, 0.15) is 66.2 Å². The van der Waals surface area contributed by atoms with Crippen molar-refractivity contribution in [3.63, 3.8) is 0 Å². The second kappa shape index (κ2) is 13.8. The summed E-state index contributed by atoms with van der Waals surface area (Å²) in [6, 6.07) is -0.157. The van der Waals surface area contributed by atoms with Gasteiger partial charge in [-0.2, -0.15) is 0 Å². The molecule has 0 radical (unpaired) electrons. The molecule has 0 bridgehead atoms. The Labute approximate surface area is 209 Å². The van der Waals surface area contributed by atoms with E-state index in [4.69, 9.17) is 9.47 Å². The standard InChI is InChI=1S/C27H43NO7/c1-19(18-34-26(32)28-15-7-11-22(28)17-29)8-5-9-20(2)25-21(3)10-6-13-27(4,33)14-12-23(30)16-24(31)35-25/h5-6,8-10,19,21-23,25,29-30,33H,7,11-18H2,1-4H3/b8-5+,10-6+,20-9+/t19-,21+,22+,23-,25-,27+/m1/s1. The molecule has 0 spiro atoms. The highest BCUT2D eigenvalue weighted by Gasteiger charge is 2.29. The number of hydrogen-bond acceptors (Lipinski definition) is 7. The minimum Gasteiger partial charge on any atom is -0.457 e. The van der Waals surface area contributed by atoms with E-state index < -0.39 is 29.9 Å². The van der Waals surface area contributed by atoms with Crippen molar-refractivity contribution in [3.8, 4) is 0 Å². The number of likely N-dealkylation sites (tertiary alicyclic amines) is 1. The third-order valence-electron chi connectivity index (χ3n) is 6.69. The van der Waals surface area contributed by atoms with Crippen LogP contribution in [0.3, 0.4) is 0 Å². The van der Waals surface area contributed by atoms with Gasteiger partial charge in [0.25, 0.3) is 0 Å². The number of aliphatic hydroxyl groups excluding tert-OH is 2. The zero-order valence-electron chi connectivity index (χ0n) is 21.6. The van der Waals surface area contributed by atoms with E-state index in [0.717, 1.165) is 18.4 Å².